The number of methoxy groups -OCH3 is 1. The van der Waals surface area contributed by atoms with Gasteiger partial charge in [-0.2, -0.15) is 0 Å². The van der Waals surface area contributed by atoms with Gasteiger partial charge in [0.05, 0.1) is 12.7 Å². The molecule has 2 rings (SSSR count). The lowest BCUT2D eigenvalue weighted by Gasteiger charge is -2.33. The first-order chi connectivity index (χ1) is 8.74. The number of piperidine rings is 1. The Bertz CT molecular complexity index is 283. The highest BCUT2D eigenvalue weighted by molar-refractivity contribution is 5.81. The number of amides is 1. The van der Waals surface area contributed by atoms with E-state index in [9.17, 15) is 4.79 Å². The molecule has 0 bridgehead atoms. The quantitative estimate of drug-likeness (QED) is 0.789. The molecule has 0 aliphatic carbocycles. The first-order valence-electron chi connectivity index (χ1n) is 6.87. The maximum Gasteiger partial charge on any atom is 0.251 e. The summed E-state index contributed by atoms with van der Waals surface area (Å²) >= 11 is 0. The summed E-state index contributed by atoms with van der Waals surface area (Å²) in [6.45, 7) is 2.91. The van der Waals surface area contributed by atoms with Gasteiger partial charge in [-0.15, -0.1) is 0 Å². The molecular weight excluding hydrogens is 232 g/mol. The maximum absolute atomic E-state index is 12.3. The van der Waals surface area contributed by atoms with Crippen LogP contribution in [0.5, 0.6) is 0 Å². The molecule has 2 aliphatic rings. The summed E-state index contributed by atoms with van der Waals surface area (Å²) < 4.78 is 10.9. The van der Waals surface area contributed by atoms with Crippen molar-refractivity contribution in [3.05, 3.63) is 0 Å². The summed E-state index contributed by atoms with van der Waals surface area (Å²) in [7, 11) is 1.71. The Morgan fingerprint density at radius 1 is 1.44 bits per heavy atom. The van der Waals surface area contributed by atoms with Crippen molar-refractivity contribution in [3.63, 3.8) is 0 Å². The minimum atomic E-state index is -0.264. The second-order valence-corrected chi connectivity index (χ2v) is 5.31. The van der Waals surface area contributed by atoms with E-state index in [1.165, 1.54) is 0 Å². The van der Waals surface area contributed by atoms with Gasteiger partial charge in [0.2, 0.25) is 0 Å². The third-order valence-electron chi connectivity index (χ3n) is 3.88. The van der Waals surface area contributed by atoms with E-state index in [0.717, 1.165) is 45.4 Å². The van der Waals surface area contributed by atoms with Gasteiger partial charge in [-0.3, -0.25) is 4.79 Å². The number of ether oxygens (including phenoxy) is 2. The molecule has 104 valence electrons. The predicted octanol–water partition coefficient (Wildman–Crippen LogP) is 0.378. The van der Waals surface area contributed by atoms with Crippen molar-refractivity contribution in [2.45, 2.75) is 37.9 Å². The van der Waals surface area contributed by atoms with Crippen LogP contribution in [0.4, 0.5) is 0 Å². The molecule has 1 amide bonds. The van der Waals surface area contributed by atoms with E-state index in [4.69, 9.17) is 15.2 Å². The molecule has 2 N–H and O–H groups in total. The number of carbonyl (C=O) groups excluding carboxylic acids is 1. The Kier molecular flexibility index (Phi) is 4.97. The van der Waals surface area contributed by atoms with Gasteiger partial charge in [-0.1, -0.05) is 0 Å². The highest BCUT2D eigenvalue weighted by Crippen LogP contribution is 2.24. The number of rotatable bonds is 4. The maximum atomic E-state index is 12.3. The first kappa shape index (κ1) is 13.8. The number of hydrogen-bond acceptors (Lipinski definition) is 4. The van der Waals surface area contributed by atoms with Crippen LogP contribution in [0.25, 0.3) is 0 Å². The Labute approximate surface area is 109 Å². The number of nitrogens with two attached hydrogens (primary N) is 1. The average Bonchev–Trinajstić information content (AvgIpc) is 2.87. The fourth-order valence-corrected chi connectivity index (χ4v) is 2.90. The molecule has 2 heterocycles. The van der Waals surface area contributed by atoms with Crippen molar-refractivity contribution in [2.24, 2.45) is 11.7 Å². The monoisotopic (exact) mass is 256 g/mol. The van der Waals surface area contributed by atoms with E-state index in [2.05, 4.69) is 0 Å². The molecule has 0 spiro atoms. The standard InChI is InChI=1S/C13H24N2O3/c1-17-9-10-3-2-6-15(8-10)13(16)12-5-4-11(7-14)18-12/h10-12H,2-9,14H2,1H3/t10?,11-,12+/m1/s1. The van der Waals surface area contributed by atoms with Gasteiger partial charge in [-0.25, -0.2) is 0 Å². The largest absolute Gasteiger partial charge is 0.384 e. The van der Waals surface area contributed by atoms with Gasteiger partial charge in [0.25, 0.3) is 5.91 Å². The van der Waals surface area contributed by atoms with Crippen LogP contribution in [-0.4, -0.2) is 56.4 Å². The Morgan fingerprint density at radius 2 is 2.28 bits per heavy atom. The van der Waals surface area contributed by atoms with E-state index >= 15 is 0 Å². The summed E-state index contributed by atoms with van der Waals surface area (Å²) in [6, 6.07) is 0. The smallest absolute Gasteiger partial charge is 0.251 e. The highest BCUT2D eigenvalue weighted by Gasteiger charge is 2.34. The predicted molar refractivity (Wildman–Crippen MR) is 68.1 cm³/mol. The van der Waals surface area contributed by atoms with Crippen LogP contribution in [0, 0.1) is 5.92 Å². The molecule has 1 unspecified atom stereocenters. The molecule has 2 aliphatic heterocycles. The summed E-state index contributed by atoms with van der Waals surface area (Å²) in [5.41, 5.74) is 5.57. The lowest BCUT2D eigenvalue weighted by Crippen LogP contribution is -2.46. The van der Waals surface area contributed by atoms with Gasteiger partial charge < -0.3 is 20.1 Å². The van der Waals surface area contributed by atoms with Crippen LogP contribution >= 0.6 is 0 Å². The van der Waals surface area contributed by atoms with Crippen LogP contribution in [0.1, 0.15) is 25.7 Å². The number of likely N-dealkylation sites (tertiary alicyclic amines) is 1. The molecule has 0 radical (unpaired) electrons. The van der Waals surface area contributed by atoms with Gasteiger partial charge >= 0.3 is 0 Å². The second-order valence-electron chi connectivity index (χ2n) is 5.31. The summed E-state index contributed by atoms with van der Waals surface area (Å²) in [4.78, 5) is 14.3. The zero-order valence-corrected chi connectivity index (χ0v) is 11.1. The summed E-state index contributed by atoms with van der Waals surface area (Å²) in [5, 5.41) is 0. The normalized spacial score (nSPS) is 32.8. The fourth-order valence-electron chi connectivity index (χ4n) is 2.90. The van der Waals surface area contributed by atoms with Gasteiger partial charge in [-0.05, 0) is 31.6 Å². The zero-order chi connectivity index (χ0) is 13.0. The number of carbonyl (C=O) groups is 1. The van der Waals surface area contributed by atoms with Crippen molar-refractivity contribution in [2.75, 3.05) is 33.4 Å². The molecule has 2 saturated heterocycles. The van der Waals surface area contributed by atoms with Crippen molar-refractivity contribution in [1.82, 2.24) is 4.90 Å². The molecule has 5 heteroatoms. The SMILES string of the molecule is COCC1CCCN(C(=O)[C@@H]2CC[C@H](CN)O2)C1. The third kappa shape index (κ3) is 3.22. The summed E-state index contributed by atoms with van der Waals surface area (Å²) in [5.74, 6) is 0.617. The zero-order valence-electron chi connectivity index (χ0n) is 11.1. The number of nitrogens with zero attached hydrogens (tertiary/aromatic N) is 1. The van der Waals surface area contributed by atoms with E-state index in [0.29, 0.717) is 12.5 Å². The highest BCUT2D eigenvalue weighted by atomic mass is 16.5. The van der Waals surface area contributed by atoms with Gasteiger partial charge in [0.1, 0.15) is 6.10 Å². The van der Waals surface area contributed by atoms with Crippen LogP contribution < -0.4 is 5.73 Å². The molecule has 0 aromatic heterocycles. The Morgan fingerprint density at radius 3 is 2.94 bits per heavy atom. The average molecular weight is 256 g/mol. The molecule has 2 fully saturated rings. The Balaban J connectivity index is 1.85. The molecule has 3 atom stereocenters. The van der Waals surface area contributed by atoms with Crippen LogP contribution in [0.15, 0.2) is 0 Å². The number of hydrogen-bond donors (Lipinski definition) is 1. The van der Waals surface area contributed by atoms with Crippen LogP contribution in [0.2, 0.25) is 0 Å². The third-order valence-corrected chi connectivity index (χ3v) is 3.88. The van der Waals surface area contributed by atoms with E-state index in [-0.39, 0.29) is 18.1 Å². The van der Waals surface area contributed by atoms with Gasteiger partial charge in [0.15, 0.2) is 0 Å². The molecule has 0 aromatic rings. The van der Waals surface area contributed by atoms with E-state index < -0.39 is 0 Å². The lowest BCUT2D eigenvalue weighted by molar-refractivity contribution is -0.145. The fraction of sp³-hybridized carbons (Fsp3) is 0.923. The van der Waals surface area contributed by atoms with Crippen molar-refractivity contribution in [3.8, 4) is 0 Å². The molecule has 0 aromatic carbocycles. The van der Waals surface area contributed by atoms with Crippen molar-refractivity contribution in [1.29, 1.82) is 0 Å². The van der Waals surface area contributed by atoms with E-state index in [1.54, 1.807) is 7.11 Å². The van der Waals surface area contributed by atoms with E-state index in [1.807, 2.05) is 4.90 Å². The molecule has 18 heavy (non-hydrogen) atoms. The van der Waals surface area contributed by atoms with Crippen molar-refractivity contribution < 1.29 is 14.3 Å². The second kappa shape index (κ2) is 6.50. The van der Waals surface area contributed by atoms with Gasteiger partial charge in [0, 0.05) is 26.7 Å². The van der Waals surface area contributed by atoms with Crippen LogP contribution in [-0.2, 0) is 14.3 Å². The Hall–Kier alpha value is -0.650. The minimum absolute atomic E-state index is 0.0681. The minimum Gasteiger partial charge on any atom is -0.384 e. The van der Waals surface area contributed by atoms with Crippen LogP contribution in [0.3, 0.4) is 0 Å². The summed E-state index contributed by atoms with van der Waals surface area (Å²) in [6.07, 6.45) is 3.73. The van der Waals surface area contributed by atoms with Crippen molar-refractivity contribution >= 4 is 5.91 Å². The molecule has 5 nitrogen and oxygen atoms in total. The topological polar surface area (TPSA) is 64.8 Å². The molecule has 0 saturated carbocycles. The first-order valence-corrected chi connectivity index (χ1v) is 6.87. The lowest BCUT2D eigenvalue weighted by atomic mass is 9.98. The molecular formula is C13H24N2O3.